The van der Waals surface area contributed by atoms with Crippen LogP contribution in [-0.2, 0) is 13.0 Å². The fourth-order valence-corrected chi connectivity index (χ4v) is 4.14. The summed E-state index contributed by atoms with van der Waals surface area (Å²) in [7, 11) is 1.64. The number of phenolic OH excluding ortho intramolecular Hbond substituents is 1. The Balaban J connectivity index is 1.76. The van der Waals surface area contributed by atoms with Gasteiger partial charge in [0.15, 0.2) is 11.5 Å². The van der Waals surface area contributed by atoms with E-state index in [0.29, 0.717) is 11.8 Å². The molecule has 0 radical (unpaired) electrons. The van der Waals surface area contributed by atoms with Crippen LogP contribution in [0.25, 0.3) is 0 Å². The normalized spacial score (nSPS) is 24.3. The quantitative estimate of drug-likeness (QED) is 0.859. The van der Waals surface area contributed by atoms with Crippen LogP contribution in [0.2, 0.25) is 0 Å². The highest BCUT2D eigenvalue weighted by atomic mass is 16.5. The van der Waals surface area contributed by atoms with Gasteiger partial charge in [-0.05, 0) is 43.4 Å². The lowest BCUT2D eigenvalue weighted by Crippen LogP contribution is -2.44. The molecule has 21 heavy (non-hydrogen) atoms. The number of aromatic hydroxyl groups is 1. The Kier molecular flexibility index (Phi) is 2.86. The Bertz CT molecular complexity index is 672. The molecule has 0 saturated carbocycles. The molecule has 1 N–H and O–H groups in total. The third-order valence-electron chi connectivity index (χ3n) is 5.12. The fourth-order valence-electron chi connectivity index (χ4n) is 4.14. The molecule has 1 aliphatic carbocycles. The van der Waals surface area contributed by atoms with E-state index in [1.54, 1.807) is 24.3 Å². The maximum atomic E-state index is 9.99. The zero-order valence-electron chi connectivity index (χ0n) is 12.6. The molecule has 0 aromatic heterocycles. The van der Waals surface area contributed by atoms with Gasteiger partial charge in [0.05, 0.1) is 7.11 Å². The van der Waals surface area contributed by atoms with Crippen LogP contribution in [0.1, 0.15) is 30.9 Å². The zero-order valence-corrected chi connectivity index (χ0v) is 12.6. The lowest BCUT2D eigenvalue weighted by molar-refractivity contribution is 0.184. The van der Waals surface area contributed by atoms with Crippen LogP contribution in [0.3, 0.4) is 0 Å². The van der Waals surface area contributed by atoms with Gasteiger partial charge in [-0.15, -0.1) is 0 Å². The van der Waals surface area contributed by atoms with E-state index in [1.165, 1.54) is 24.0 Å². The van der Waals surface area contributed by atoms with Crippen LogP contribution in [0, 0.1) is 0 Å². The van der Waals surface area contributed by atoms with Crippen molar-refractivity contribution in [2.75, 3.05) is 13.7 Å². The van der Waals surface area contributed by atoms with Crippen molar-refractivity contribution in [3.05, 3.63) is 46.1 Å². The summed E-state index contributed by atoms with van der Waals surface area (Å²) in [5.41, 5.74) is 7.17. The average molecular weight is 283 g/mol. The SMILES string of the molecule is COc1c(O)ccc2c1CN1CCC3=C(C=C(C)C3)C1C2. The molecule has 0 bridgehead atoms. The Morgan fingerprint density at radius 3 is 3.00 bits per heavy atom. The molecule has 2 aliphatic heterocycles. The smallest absolute Gasteiger partial charge is 0.165 e. The van der Waals surface area contributed by atoms with Crippen molar-refractivity contribution in [3.63, 3.8) is 0 Å². The largest absolute Gasteiger partial charge is 0.504 e. The van der Waals surface area contributed by atoms with Crippen LogP contribution >= 0.6 is 0 Å². The highest BCUT2D eigenvalue weighted by molar-refractivity contribution is 5.53. The monoisotopic (exact) mass is 283 g/mol. The van der Waals surface area contributed by atoms with E-state index in [2.05, 4.69) is 24.0 Å². The van der Waals surface area contributed by atoms with Crippen molar-refractivity contribution in [2.45, 2.75) is 38.8 Å². The highest BCUT2D eigenvalue weighted by Gasteiger charge is 2.35. The maximum absolute atomic E-state index is 9.99. The topological polar surface area (TPSA) is 32.7 Å². The van der Waals surface area contributed by atoms with Crippen molar-refractivity contribution in [2.24, 2.45) is 0 Å². The van der Waals surface area contributed by atoms with Gasteiger partial charge in [0, 0.05) is 24.7 Å². The molecule has 3 aliphatic rings. The predicted octanol–water partition coefficient (Wildman–Crippen LogP) is 3.18. The summed E-state index contributed by atoms with van der Waals surface area (Å²) in [6, 6.07) is 4.33. The van der Waals surface area contributed by atoms with Crippen LogP contribution in [0.4, 0.5) is 0 Å². The number of methoxy groups -OCH3 is 1. The first-order valence-electron chi connectivity index (χ1n) is 7.68. The number of phenols is 1. The number of ether oxygens (including phenoxy) is 1. The molecule has 3 heteroatoms. The van der Waals surface area contributed by atoms with Gasteiger partial charge >= 0.3 is 0 Å². The van der Waals surface area contributed by atoms with E-state index >= 15 is 0 Å². The molecule has 1 aromatic rings. The fraction of sp³-hybridized carbons (Fsp3) is 0.444. The lowest BCUT2D eigenvalue weighted by atomic mass is 9.85. The van der Waals surface area contributed by atoms with Gasteiger partial charge in [-0.2, -0.15) is 0 Å². The molecule has 2 heterocycles. The molecule has 4 rings (SSSR count). The highest BCUT2D eigenvalue weighted by Crippen LogP contribution is 2.43. The first-order chi connectivity index (χ1) is 10.2. The summed E-state index contributed by atoms with van der Waals surface area (Å²) in [5.74, 6) is 0.909. The number of fused-ring (bicyclic) bond motifs is 3. The molecule has 3 nitrogen and oxygen atoms in total. The summed E-state index contributed by atoms with van der Waals surface area (Å²) >= 11 is 0. The maximum Gasteiger partial charge on any atom is 0.165 e. The molecule has 0 amide bonds. The van der Waals surface area contributed by atoms with Gasteiger partial charge in [0.25, 0.3) is 0 Å². The summed E-state index contributed by atoms with van der Waals surface area (Å²) in [6.07, 6.45) is 5.77. The van der Waals surface area contributed by atoms with Gasteiger partial charge in [-0.25, -0.2) is 0 Å². The number of benzene rings is 1. The number of rotatable bonds is 1. The zero-order chi connectivity index (χ0) is 14.6. The van der Waals surface area contributed by atoms with Gasteiger partial charge in [-0.3, -0.25) is 4.90 Å². The first kappa shape index (κ1) is 13.0. The summed E-state index contributed by atoms with van der Waals surface area (Å²) < 4.78 is 5.43. The number of nitrogens with zero attached hydrogens (tertiary/aromatic N) is 1. The predicted molar refractivity (Wildman–Crippen MR) is 82.6 cm³/mol. The minimum absolute atomic E-state index is 0.253. The number of hydrogen-bond acceptors (Lipinski definition) is 3. The number of allylic oxidation sites excluding steroid dienone is 1. The van der Waals surface area contributed by atoms with Crippen LogP contribution in [0.15, 0.2) is 34.9 Å². The van der Waals surface area contributed by atoms with Gasteiger partial charge in [0.2, 0.25) is 0 Å². The van der Waals surface area contributed by atoms with Gasteiger partial charge < -0.3 is 9.84 Å². The van der Waals surface area contributed by atoms with Crippen LogP contribution in [0.5, 0.6) is 11.5 Å². The van der Waals surface area contributed by atoms with E-state index in [1.807, 2.05) is 0 Å². The molecule has 1 atom stereocenters. The molecule has 0 spiro atoms. The molecule has 110 valence electrons. The second-order valence-corrected chi connectivity index (χ2v) is 6.42. The summed E-state index contributed by atoms with van der Waals surface area (Å²) in [6.45, 7) is 4.23. The van der Waals surface area contributed by atoms with Crippen molar-refractivity contribution < 1.29 is 9.84 Å². The average Bonchev–Trinajstić information content (AvgIpc) is 2.86. The Hall–Kier alpha value is -1.74. The molecule has 0 saturated heterocycles. The Labute approximate surface area is 125 Å². The molecule has 1 aromatic carbocycles. The minimum atomic E-state index is 0.253. The summed E-state index contributed by atoms with van der Waals surface area (Å²) in [5, 5.41) is 9.99. The third kappa shape index (κ3) is 1.91. The Morgan fingerprint density at radius 1 is 1.33 bits per heavy atom. The van der Waals surface area contributed by atoms with Crippen LogP contribution in [-0.4, -0.2) is 29.7 Å². The van der Waals surface area contributed by atoms with E-state index in [9.17, 15) is 5.11 Å². The number of hydrogen-bond donors (Lipinski definition) is 1. The van der Waals surface area contributed by atoms with Crippen molar-refractivity contribution in [1.29, 1.82) is 0 Å². The molecule has 1 unspecified atom stereocenters. The van der Waals surface area contributed by atoms with Gasteiger partial charge in [0.1, 0.15) is 0 Å². The molecular formula is C18H21NO2. The lowest BCUT2D eigenvalue weighted by Gasteiger charge is -2.41. The van der Waals surface area contributed by atoms with Crippen molar-refractivity contribution in [1.82, 2.24) is 4.90 Å². The third-order valence-corrected chi connectivity index (χ3v) is 5.12. The second-order valence-electron chi connectivity index (χ2n) is 6.42. The van der Waals surface area contributed by atoms with E-state index in [0.717, 1.165) is 25.1 Å². The van der Waals surface area contributed by atoms with Crippen molar-refractivity contribution >= 4 is 0 Å². The van der Waals surface area contributed by atoms with E-state index in [-0.39, 0.29) is 5.75 Å². The van der Waals surface area contributed by atoms with E-state index < -0.39 is 0 Å². The Morgan fingerprint density at radius 2 is 2.19 bits per heavy atom. The minimum Gasteiger partial charge on any atom is -0.504 e. The first-order valence-corrected chi connectivity index (χ1v) is 7.68. The molecular weight excluding hydrogens is 262 g/mol. The summed E-state index contributed by atoms with van der Waals surface area (Å²) in [4.78, 5) is 2.54. The standard InChI is InChI=1S/C18H21NO2/c1-11-7-13-5-6-19-10-15-12(9-16(19)14(13)8-11)3-4-17(20)18(15)21-2/h3-4,8,16,20H,5-7,9-10H2,1-2H3. The van der Waals surface area contributed by atoms with E-state index in [4.69, 9.17) is 4.74 Å². The van der Waals surface area contributed by atoms with Crippen molar-refractivity contribution in [3.8, 4) is 11.5 Å². The second kappa shape index (κ2) is 4.63. The van der Waals surface area contributed by atoms with Crippen LogP contribution < -0.4 is 4.74 Å². The molecule has 0 fully saturated rings. The van der Waals surface area contributed by atoms with Gasteiger partial charge in [-0.1, -0.05) is 23.3 Å².